The van der Waals surface area contributed by atoms with Gasteiger partial charge in [-0.15, -0.1) is 24.8 Å². The molecule has 2 aromatic carbocycles. The van der Waals surface area contributed by atoms with Gasteiger partial charge in [-0.25, -0.2) is 0 Å². The number of halogens is 4. The van der Waals surface area contributed by atoms with Crippen LogP contribution in [0, 0.1) is 0 Å². The molecule has 2 saturated carbocycles. The number of carbonyl (C=O) groups is 4. The summed E-state index contributed by atoms with van der Waals surface area (Å²) in [5.74, 6) is 0.220. The van der Waals surface area contributed by atoms with Gasteiger partial charge in [-0.1, -0.05) is 36.0 Å². The largest absolute Gasteiger partial charge is 0.341 e. The van der Waals surface area contributed by atoms with Crippen molar-refractivity contribution in [2.24, 2.45) is 0 Å². The van der Waals surface area contributed by atoms with Crippen LogP contribution >= 0.6 is 48.0 Å². The summed E-state index contributed by atoms with van der Waals surface area (Å²) in [5, 5.41) is 1.23. The first kappa shape index (κ1) is 42.2. The number of benzene rings is 2. The summed E-state index contributed by atoms with van der Waals surface area (Å²) in [5.41, 5.74) is 1.25. The molecule has 2 aliphatic heterocycles. The lowest BCUT2D eigenvalue weighted by atomic mass is 10.1. The van der Waals surface area contributed by atoms with Gasteiger partial charge in [0.05, 0.1) is 0 Å². The lowest BCUT2D eigenvalue weighted by Gasteiger charge is -2.27. The number of Topliss-reactive ketones (excluding diaryl/α,β-unsaturated/α-hetero) is 2. The Morgan fingerprint density at radius 2 is 0.860 bits per heavy atom. The van der Waals surface area contributed by atoms with E-state index in [0.29, 0.717) is 34.0 Å². The molecule has 6 rings (SSSR count). The molecule has 0 atom stereocenters. The van der Waals surface area contributed by atoms with Crippen LogP contribution in [0.5, 0.6) is 0 Å². The second-order valence-corrected chi connectivity index (χ2v) is 14.4. The maximum absolute atomic E-state index is 12.5. The molecule has 8 nitrogen and oxygen atoms in total. The van der Waals surface area contributed by atoms with Gasteiger partial charge in [-0.05, 0) is 87.1 Å². The number of amides is 2. The Kier molecular flexibility index (Phi) is 18.0. The van der Waals surface area contributed by atoms with Crippen molar-refractivity contribution >= 4 is 71.4 Å². The third-order valence-corrected chi connectivity index (χ3v) is 10.6. The van der Waals surface area contributed by atoms with E-state index in [2.05, 4.69) is 9.80 Å². The number of hydrogen-bond donors (Lipinski definition) is 0. The maximum Gasteiger partial charge on any atom is 0.223 e. The Morgan fingerprint density at radius 3 is 1.24 bits per heavy atom. The van der Waals surface area contributed by atoms with Crippen molar-refractivity contribution in [3.05, 3.63) is 69.7 Å². The van der Waals surface area contributed by atoms with Crippen LogP contribution < -0.4 is 0 Å². The van der Waals surface area contributed by atoms with Gasteiger partial charge in [0.25, 0.3) is 0 Å². The molecule has 0 radical (unpaired) electrons. The highest BCUT2D eigenvalue weighted by molar-refractivity contribution is 6.31. The molecule has 50 heavy (non-hydrogen) atoms. The highest BCUT2D eigenvalue weighted by Crippen LogP contribution is 2.28. The van der Waals surface area contributed by atoms with Crippen LogP contribution in [0.1, 0.15) is 97.8 Å². The second-order valence-electron chi connectivity index (χ2n) is 13.6. The lowest BCUT2D eigenvalue weighted by molar-refractivity contribution is -0.131. The molecule has 2 amide bonds. The van der Waals surface area contributed by atoms with Crippen molar-refractivity contribution in [1.29, 1.82) is 0 Å². The van der Waals surface area contributed by atoms with E-state index >= 15 is 0 Å². The normalized spacial score (nSPS) is 18.8. The van der Waals surface area contributed by atoms with Gasteiger partial charge in [0.1, 0.15) is 0 Å². The van der Waals surface area contributed by atoms with Gasteiger partial charge in [-0.2, -0.15) is 0 Å². The molecule has 0 N–H and O–H groups in total. The molecule has 276 valence electrons. The van der Waals surface area contributed by atoms with Crippen molar-refractivity contribution in [3.63, 3.8) is 0 Å². The summed E-state index contributed by atoms with van der Waals surface area (Å²) >= 11 is 11.7. The zero-order chi connectivity index (χ0) is 33.9. The van der Waals surface area contributed by atoms with Crippen molar-refractivity contribution in [2.75, 3.05) is 52.4 Å². The van der Waals surface area contributed by atoms with Crippen LogP contribution in [-0.4, -0.2) is 107 Å². The van der Waals surface area contributed by atoms with Crippen LogP contribution in [0.3, 0.4) is 0 Å². The minimum absolute atomic E-state index is 0. The first-order valence-corrected chi connectivity index (χ1v) is 18.6. The van der Waals surface area contributed by atoms with Crippen LogP contribution in [0.2, 0.25) is 10.0 Å². The molecule has 2 aliphatic carbocycles. The van der Waals surface area contributed by atoms with E-state index in [9.17, 15) is 19.2 Å². The number of ketones is 2. The monoisotopic (exact) mass is 768 g/mol. The Hall–Kier alpha value is -2.20. The van der Waals surface area contributed by atoms with Gasteiger partial charge in [0.2, 0.25) is 11.8 Å². The van der Waals surface area contributed by atoms with E-state index in [1.807, 2.05) is 9.80 Å². The van der Waals surface area contributed by atoms with Crippen LogP contribution in [0.25, 0.3) is 0 Å². The topological polar surface area (TPSA) is 81.2 Å². The Morgan fingerprint density at radius 1 is 0.480 bits per heavy atom. The zero-order valence-electron chi connectivity index (χ0n) is 28.9. The Balaban J connectivity index is 0.000000261. The SMILES string of the molecule is Cl.Cl.O=C(CCC(=O)N1CCCN(C2CC2)CC1)c1ccc(Cl)cc1.O=C(CCC(=O)N1CCCN(C2CCCC2)CC1)c1ccc(Cl)cc1. The Labute approximate surface area is 320 Å². The zero-order valence-corrected chi connectivity index (χ0v) is 32.1. The molecule has 2 heterocycles. The van der Waals surface area contributed by atoms with Crippen molar-refractivity contribution in [1.82, 2.24) is 19.6 Å². The average Bonchev–Trinajstić information content (AvgIpc) is 3.90. The van der Waals surface area contributed by atoms with Gasteiger partial charge in [-0.3, -0.25) is 29.0 Å². The second kappa shape index (κ2) is 21.4. The summed E-state index contributed by atoms with van der Waals surface area (Å²) in [7, 11) is 0. The van der Waals surface area contributed by atoms with Crippen molar-refractivity contribution < 1.29 is 19.2 Å². The molecule has 2 saturated heterocycles. The minimum Gasteiger partial charge on any atom is -0.341 e. The predicted octanol–water partition coefficient (Wildman–Crippen LogP) is 7.62. The van der Waals surface area contributed by atoms with Crippen LogP contribution in [0.15, 0.2) is 48.5 Å². The summed E-state index contributed by atoms with van der Waals surface area (Å²) in [6.07, 6.45) is 11.1. The van der Waals surface area contributed by atoms with Gasteiger partial charge < -0.3 is 9.80 Å². The van der Waals surface area contributed by atoms with E-state index < -0.39 is 0 Å². The average molecular weight is 771 g/mol. The fourth-order valence-electron chi connectivity index (χ4n) is 7.13. The van der Waals surface area contributed by atoms with Crippen molar-refractivity contribution in [3.8, 4) is 0 Å². The highest BCUT2D eigenvalue weighted by atomic mass is 35.5. The predicted molar refractivity (Wildman–Crippen MR) is 205 cm³/mol. The molecular weight excluding hydrogens is 718 g/mol. The summed E-state index contributed by atoms with van der Waals surface area (Å²) in [6, 6.07) is 15.2. The molecule has 0 aromatic heterocycles. The summed E-state index contributed by atoms with van der Waals surface area (Å²) in [6.45, 7) is 7.36. The smallest absolute Gasteiger partial charge is 0.223 e. The fraction of sp³-hybridized carbons (Fsp3) is 0.579. The molecule has 0 unspecified atom stereocenters. The lowest BCUT2D eigenvalue weighted by Crippen LogP contribution is -2.38. The van der Waals surface area contributed by atoms with E-state index in [4.69, 9.17) is 23.2 Å². The number of rotatable bonds is 10. The summed E-state index contributed by atoms with van der Waals surface area (Å²) in [4.78, 5) is 58.2. The van der Waals surface area contributed by atoms with E-state index in [1.54, 1.807) is 48.5 Å². The quantitative estimate of drug-likeness (QED) is 0.232. The van der Waals surface area contributed by atoms with Gasteiger partial charge >= 0.3 is 0 Å². The first-order valence-electron chi connectivity index (χ1n) is 17.9. The third kappa shape index (κ3) is 13.1. The third-order valence-electron chi connectivity index (χ3n) is 10.1. The Bertz CT molecular complexity index is 1380. The molecule has 4 fully saturated rings. The molecule has 12 heteroatoms. The van der Waals surface area contributed by atoms with Crippen LogP contribution in [-0.2, 0) is 9.59 Å². The number of nitrogens with zero attached hydrogens (tertiary/aromatic N) is 4. The van der Waals surface area contributed by atoms with Crippen molar-refractivity contribution in [2.45, 2.75) is 89.1 Å². The summed E-state index contributed by atoms with van der Waals surface area (Å²) < 4.78 is 0. The van der Waals surface area contributed by atoms with Gasteiger partial charge in [0.15, 0.2) is 11.6 Å². The van der Waals surface area contributed by atoms with Gasteiger partial charge in [0, 0.05) is 111 Å². The minimum atomic E-state index is 0. The standard InChI is InChI=1S/C20H27ClN2O2.C18H23ClN2O2.2ClH/c21-17-8-6-16(7-9-17)19(24)10-11-20(25)23-13-3-12-22(14-15-23)18-4-1-2-5-18;19-15-4-2-14(3-5-15)17(22)8-9-18(23)21-11-1-10-20(12-13-21)16-6-7-16;;/h6-9,18H,1-5,10-15H2;2-5,16H,1,6-13H2;2*1H. The molecule has 0 bridgehead atoms. The van der Waals surface area contributed by atoms with E-state index in [0.717, 1.165) is 77.3 Å². The maximum atomic E-state index is 12.5. The molecule has 0 spiro atoms. The molecular formula is C38H52Cl4N4O4. The highest BCUT2D eigenvalue weighted by Gasteiger charge is 2.31. The number of hydrogen-bond acceptors (Lipinski definition) is 6. The van der Waals surface area contributed by atoms with E-state index in [-0.39, 0.29) is 61.0 Å². The fourth-order valence-corrected chi connectivity index (χ4v) is 7.38. The molecule has 2 aromatic rings. The number of carbonyl (C=O) groups excluding carboxylic acids is 4. The van der Waals surface area contributed by atoms with Crippen LogP contribution in [0.4, 0.5) is 0 Å². The van der Waals surface area contributed by atoms with E-state index in [1.165, 1.54) is 38.5 Å². The first-order chi connectivity index (χ1) is 23.3. The molecule has 4 aliphatic rings.